The number of carbonyl (C=O) groups is 1. The molecule has 1 saturated heterocycles. The molecule has 0 amide bonds. The van der Waals surface area contributed by atoms with Gasteiger partial charge in [0, 0.05) is 6.04 Å². The Kier molecular flexibility index (Phi) is 2.77. The molecule has 14 heavy (non-hydrogen) atoms. The van der Waals surface area contributed by atoms with Crippen LogP contribution in [0.5, 0.6) is 0 Å². The van der Waals surface area contributed by atoms with Crippen LogP contribution in [-0.4, -0.2) is 35.6 Å². The van der Waals surface area contributed by atoms with Crippen molar-refractivity contribution in [3.05, 3.63) is 0 Å². The van der Waals surface area contributed by atoms with Gasteiger partial charge < -0.3 is 10.0 Å². The molecule has 0 bridgehead atoms. The standard InChI is InChI=1S/C11H19NO2/c1-12-7-6-9(12)10(11(13)14)8-4-2-3-5-8/h8-10H,2-7H2,1H3,(H,13,14). The van der Waals surface area contributed by atoms with Crippen LogP contribution in [0.25, 0.3) is 0 Å². The third-order valence-electron chi connectivity index (χ3n) is 3.95. The van der Waals surface area contributed by atoms with Gasteiger partial charge in [0.1, 0.15) is 0 Å². The van der Waals surface area contributed by atoms with E-state index in [1.165, 1.54) is 12.8 Å². The third-order valence-corrected chi connectivity index (χ3v) is 3.95. The van der Waals surface area contributed by atoms with Crippen molar-refractivity contribution in [3.8, 4) is 0 Å². The Balaban J connectivity index is 2.03. The maximum Gasteiger partial charge on any atom is 0.308 e. The van der Waals surface area contributed by atoms with E-state index in [0.717, 1.165) is 25.8 Å². The van der Waals surface area contributed by atoms with Gasteiger partial charge in [-0.1, -0.05) is 12.8 Å². The molecule has 1 aliphatic carbocycles. The third kappa shape index (κ3) is 1.65. The molecule has 0 spiro atoms. The second-order valence-electron chi connectivity index (χ2n) is 4.75. The lowest BCUT2D eigenvalue weighted by Crippen LogP contribution is -2.53. The predicted molar refractivity (Wildman–Crippen MR) is 54.1 cm³/mol. The molecule has 1 heterocycles. The van der Waals surface area contributed by atoms with Gasteiger partial charge in [-0.05, 0) is 38.8 Å². The van der Waals surface area contributed by atoms with Crippen LogP contribution in [0.3, 0.4) is 0 Å². The fourth-order valence-corrected chi connectivity index (χ4v) is 2.99. The van der Waals surface area contributed by atoms with Crippen molar-refractivity contribution in [2.24, 2.45) is 11.8 Å². The Hall–Kier alpha value is -0.570. The van der Waals surface area contributed by atoms with Crippen LogP contribution in [0.1, 0.15) is 32.1 Å². The Morgan fingerprint density at radius 3 is 2.36 bits per heavy atom. The van der Waals surface area contributed by atoms with Gasteiger partial charge in [0.25, 0.3) is 0 Å². The summed E-state index contributed by atoms with van der Waals surface area (Å²) in [6.45, 7) is 1.07. The fourth-order valence-electron chi connectivity index (χ4n) is 2.99. The van der Waals surface area contributed by atoms with Gasteiger partial charge in [0.05, 0.1) is 5.92 Å². The van der Waals surface area contributed by atoms with E-state index in [0.29, 0.717) is 12.0 Å². The van der Waals surface area contributed by atoms with Crippen LogP contribution in [0.2, 0.25) is 0 Å². The molecule has 0 aromatic rings. The average molecular weight is 197 g/mol. The average Bonchev–Trinajstić information content (AvgIpc) is 2.63. The predicted octanol–water partition coefficient (Wildman–Crippen LogP) is 1.58. The van der Waals surface area contributed by atoms with E-state index >= 15 is 0 Å². The van der Waals surface area contributed by atoms with Crippen LogP contribution < -0.4 is 0 Å². The van der Waals surface area contributed by atoms with E-state index in [1.54, 1.807) is 0 Å². The van der Waals surface area contributed by atoms with E-state index < -0.39 is 5.97 Å². The topological polar surface area (TPSA) is 40.5 Å². The monoisotopic (exact) mass is 197 g/mol. The van der Waals surface area contributed by atoms with Gasteiger partial charge in [-0.25, -0.2) is 0 Å². The number of likely N-dealkylation sites (tertiary alicyclic amines) is 1. The van der Waals surface area contributed by atoms with E-state index in [4.69, 9.17) is 0 Å². The molecule has 2 unspecified atom stereocenters. The molecular formula is C11H19NO2. The van der Waals surface area contributed by atoms with Gasteiger partial charge in [0.2, 0.25) is 0 Å². The number of nitrogens with zero attached hydrogens (tertiary/aromatic N) is 1. The first-order chi connectivity index (χ1) is 6.70. The minimum atomic E-state index is -0.576. The molecule has 1 saturated carbocycles. The van der Waals surface area contributed by atoms with Gasteiger partial charge in [-0.15, -0.1) is 0 Å². The van der Waals surface area contributed by atoms with Gasteiger partial charge >= 0.3 is 5.97 Å². The SMILES string of the molecule is CN1CCC1C(C(=O)O)C1CCCC1. The number of aliphatic carboxylic acids is 1. The summed E-state index contributed by atoms with van der Waals surface area (Å²) in [4.78, 5) is 13.4. The van der Waals surface area contributed by atoms with E-state index in [9.17, 15) is 9.90 Å². The first-order valence-electron chi connectivity index (χ1n) is 5.63. The van der Waals surface area contributed by atoms with Crippen LogP contribution >= 0.6 is 0 Å². The largest absolute Gasteiger partial charge is 0.481 e. The molecule has 1 aliphatic heterocycles. The molecule has 3 nitrogen and oxygen atoms in total. The minimum Gasteiger partial charge on any atom is -0.481 e. The zero-order valence-electron chi connectivity index (χ0n) is 8.78. The minimum absolute atomic E-state index is 0.101. The number of hydrogen-bond donors (Lipinski definition) is 1. The summed E-state index contributed by atoms with van der Waals surface area (Å²) in [6.07, 6.45) is 5.78. The van der Waals surface area contributed by atoms with Gasteiger partial charge in [-0.2, -0.15) is 0 Å². The molecule has 2 atom stereocenters. The summed E-state index contributed by atoms with van der Waals surface area (Å²) in [5.41, 5.74) is 0. The summed E-state index contributed by atoms with van der Waals surface area (Å²) < 4.78 is 0. The maximum absolute atomic E-state index is 11.2. The molecule has 0 radical (unpaired) electrons. The highest BCUT2D eigenvalue weighted by Gasteiger charge is 2.42. The molecule has 80 valence electrons. The van der Waals surface area contributed by atoms with E-state index in [1.807, 2.05) is 7.05 Å². The van der Waals surface area contributed by atoms with Crippen molar-refractivity contribution in [1.29, 1.82) is 0 Å². The van der Waals surface area contributed by atoms with E-state index in [-0.39, 0.29) is 5.92 Å². The number of hydrogen-bond acceptors (Lipinski definition) is 2. The second kappa shape index (κ2) is 3.89. The van der Waals surface area contributed by atoms with Gasteiger partial charge in [0.15, 0.2) is 0 Å². The van der Waals surface area contributed by atoms with Crippen LogP contribution in [0.4, 0.5) is 0 Å². The number of rotatable bonds is 3. The lowest BCUT2D eigenvalue weighted by atomic mass is 9.79. The Morgan fingerprint density at radius 2 is 2.00 bits per heavy atom. The van der Waals surface area contributed by atoms with Crippen molar-refractivity contribution in [3.63, 3.8) is 0 Å². The first kappa shape index (κ1) is 9.97. The van der Waals surface area contributed by atoms with Crippen molar-refractivity contribution in [2.45, 2.75) is 38.1 Å². The van der Waals surface area contributed by atoms with E-state index in [2.05, 4.69) is 4.90 Å². The highest BCUT2D eigenvalue weighted by atomic mass is 16.4. The lowest BCUT2D eigenvalue weighted by molar-refractivity contribution is -0.149. The number of carboxylic acids is 1. The van der Waals surface area contributed by atoms with Crippen LogP contribution in [0.15, 0.2) is 0 Å². The quantitative estimate of drug-likeness (QED) is 0.746. The normalized spacial score (nSPS) is 31.4. The van der Waals surface area contributed by atoms with Crippen molar-refractivity contribution in [1.82, 2.24) is 4.90 Å². The number of carboxylic acid groups (broad SMARTS) is 1. The molecule has 0 aromatic heterocycles. The molecule has 2 fully saturated rings. The summed E-state index contributed by atoms with van der Waals surface area (Å²) >= 11 is 0. The Labute approximate surface area is 85.1 Å². The van der Waals surface area contributed by atoms with Crippen molar-refractivity contribution < 1.29 is 9.90 Å². The molecule has 2 rings (SSSR count). The Morgan fingerprint density at radius 1 is 1.36 bits per heavy atom. The maximum atomic E-state index is 11.2. The first-order valence-corrected chi connectivity index (χ1v) is 5.63. The molecule has 3 heteroatoms. The van der Waals surface area contributed by atoms with Crippen LogP contribution in [0, 0.1) is 11.8 Å². The van der Waals surface area contributed by atoms with Gasteiger partial charge in [-0.3, -0.25) is 4.79 Å². The second-order valence-corrected chi connectivity index (χ2v) is 4.75. The summed E-state index contributed by atoms with van der Waals surface area (Å²) in [6, 6.07) is 0.315. The summed E-state index contributed by atoms with van der Waals surface area (Å²) in [7, 11) is 2.04. The molecule has 0 aromatic carbocycles. The zero-order valence-corrected chi connectivity index (χ0v) is 8.78. The Bertz CT molecular complexity index is 221. The highest BCUT2D eigenvalue weighted by molar-refractivity contribution is 5.71. The van der Waals surface area contributed by atoms with Crippen LogP contribution in [-0.2, 0) is 4.79 Å². The molecular weight excluding hydrogens is 178 g/mol. The fraction of sp³-hybridized carbons (Fsp3) is 0.909. The highest BCUT2D eigenvalue weighted by Crippen LogP contribution is 2.37. The lowest BCUT2D eigenvalue weighted by Gasteiger charge is -2.43. The van der Waals surface area contributed by atoms with Crippen molar-refractivity contribution in [2.75, 3.05) is 13.6 Å². The smallest absolute Gasteiger partial charge is 0.308 e. The summed E-state index contributed by atoms with van der Waals surface area (Å²) in [5.74, 6) is -0.232. The summed E-state index contributed by atoms with van der Waals surface area (Å²) in [5, 5.41) is 9.26. The zero-order chi connectivity index (χ0) is 10.1. The molecule has 2 aliphatic rings. The van der Waals surface area contributed by atoms with Crippen molar-refractivity contribution >= 4 is 5.97 Å². The molecule has 1 N–H and O–H groups in total.